The first kappa shape index (κ1) is 19.8. The van der Waals surface area contributed by atoms with E-state index in [-0.39, 0.29) is 18.2 Å². The molecule has 0 atom stereocenters. The predicted molar refractivity (Wildman–Crippen MR) is 113 cm³/mol. The highest BCUT2D eigenvalue weighted by Gasteiger charge is 2.09. The minimum atomic E-state index is -0.0981. The van der Waals surface area contributed by atoms with Gasteiger partial charge in [0.25, 0.3) is 0 Å². The second-order valence-corrected chi connectivity index (χ2v) is 7.38. The maximum atomic E-state index is 12.1. The van der Waals surface area contributed by atoms with Gasteiger partial charge >= 0.3 is 0 Å². The van der Waals surface area contributed by atoms with Gasteiger partial charge in [-0.15, -0.1) is 11.3 Å². The van der Waals surface area contributed by atoms with E-state index in [0.717, 1.165) is 34.8 Å². The van der Waals surface area contributed by atoms with Crippen LogP contribution in [0.25, 0.3) is 10.6 Å². The highest BCUT2D eigenvalue weighted by Crippen LogP contribution is 2.25. The Morgan fingerprint density at radius 2 is 1.79 bits per heavy atom. The number of benzene rings is 2. The van der Waals surface area contributed by atoms with Crippen molar-refractivity contribution in [3.8, 4) is 10.6 Å². The SMILES string of the molecule is CC(=O)Nc1ccc(-c2nc(CC(=O)NCCCc3ccccc3)cs2)cc1. The Balaban J connectivity index is 1.46. The van der Waals surface area contributed by atoms with Gasteiger partial charge in [-0.25, -0.2) is 4.98 Å². The van der Waals surface area contributed by atoms with Gasteiger partial charge in [-0.3, -0.25) is 9.59 Å². The number of aryl methyl sites for hydroxylation is 1. The largest absolute Gasteiger partial charge is 0.356 e. The molecule has 3 aromatic rings. The predicted octanol–water partition coefficient (Wildman–Crippen LogP) is 4.06. The Hall–Kier alpha value is -2.99. The Bertz CT molecular complexity index is 920. The molecule has 28 heavy (non-hydrogen) atoms. The van der Waals surface area contributed by atoms with Crippen LogP contribution in [-0.2, 0) is 22.4 Å². The summed E-state index contributed by atoms with van der Waals surface area (Å²) in [6.45, 7) is 2.14. The number of rotatable bonds is 8. The molecule has 0 saturated heterocycles. The van der Waals surface area contributed by atoms with Crippen molar-refractivity contribution in [1.82, 2.24) is 10.3 Å². The van der Waals surface area contributed by atoms with Crippen LogP contribution in [0.5, 0.6) is 0 Å². The van der Waals surface area contributed by atoms with Gasteiger partial charge in [0.1, 0.15) is 5.01 Å². The van der Waals surface area contributed by atoms with Crippen molar-refractivity contribution < 1.29 is 9.59 Å². The molecule has 144 valence electrons. The summed E-state index contributed by atoms with van der Waals surface area (Å²) in [5.74, 6) is -0.106. The molecule has 0 aliphatic carbocycles. The van der Waals surface area contributed by atoms with Crippen LogP contribution in [0.2, 0.25) is 0 Å². The summed E-state index contributed by atoms with van der Waals surface area (Å²) < 4.78 is 0. The summed E-state index contributed by atoms with van der Waals surface area (Å²) in [5.41, 5.74) is 3.77. The zero-order valence-corrected chi connectivity index (χ0v) is 16.6. The van der Waals surface area contributed by atoms with Gasteiger partial charge in [0.2, 0.25) is 11.8 Å². The average molecular weight is 394 g/mol. The maximum absolute atomic E-state index is 12.1. The highest BCUT2D eigenvalue weighted by molar-refractivity contribution is 7.13. The van der Waals surface area contributed by atoms with E-state index in [1.807, 2.05) is 47.8 Å². The molecule has 0 spiro atoms. The molecular weight excluding hydrogens is 370 g/mol. The number of carbonyl (C=O) groups excluding carboxylic acids is 2. The fraction of sp³-hybridized carbons (Fsp3) is 0.227. The average Bonchev–Trinajstić information content (AvgIpc) is 3.14. The van der Waals surface area contributed by atoms with E-state index in [0.29, 0.717) is 6.54 Å². The Morgan fingerprint density at radius 1 is 1.04 bits per heavy atom. The van der Waals surface area contributed by atoms with Crippen molar-refractivity contribution in [2.75, 3.05) is 11.9 Å². The molecule has 1 heterocycles. The van der Waals surface area contributed by atoms with Gasteiger partial charge in [-0.2, -0.15) is 0 Å². The van der Waals surface area contributed by atoms with E-state index in [9.17, 15) is 9.59 Å². The monoisotopic (exact) mass is 393 g/mol. The lowest BCUT2D eigenvalue weighted by molar-refractivity contribution is -0.120. The molecule has 1 aromatic heterocycles. The molecule has 0 aliphatic rings. The topological polar surface area (TPSA) is 71.1 Å². The Kier molecular flexibility index (Phi) is 6.92. The van der Waals surface area contributed by atoms with Gasteiger partial charge in [0.05, 0.1) is 12.1 Å². The quantitative estimate of drug-likeness (QED) is 0.567. The minimum Gasteiger partial charge on any atom is -0.356 e. The molecule has 0 unspecified atom stereocenters. The number of amides is 2. The minimum absolute atomic E-state index is 0.00841. The van der Waals surface area contributed by atoms with Gasteiger partial charge in [0, 0.05) is 30.1 Å². The van der Waals surface area contributed by atoms with Crippen LogP contribution < -0.4 is 10.6 Å². The summed E-state index contributed by atoms with van der Waals surface area (Å²) in [6.07, 6.45) is 2.15. The van der Waals surface area contributed by atoms with E-state index in [2.05, 4.69) is 27.8 Å². The van der Waals surface area contributed by atoms with Crippen molar-refractivity contribution in [1.29, 1.82) is 0 Å². The number of hydrogen-bond acceptors (Lipinski definition) is 4. The zero-order chi connectivity index (χ0) is 19.8. The summed E-state index contributed by atoms with van der Waals surface area (Å²) in [6, 6.07) is 17.8. The molecule has 0 radical (unpaired) electrons. The molecule has 0 aliphatic heterocycles. The first-order valence-corrected chi connectivity index (χ1v) is 10.1. The number of thiazole rings is 1. The van der Waals surface area contributed by atoms with Crippen molar-refractivity contribution in [3.63, 3.8) is 0 Å². The van der Waals surface area contributed by atoms with Gasteiger partial charge in [-0.05, 0) is 42.7 Å². The maximum Gasteiger partial charge on any atom is 0.226 e. The first-order chi connectivity index (χ1) is 13.6. The third kappa shape index (κ3) is 6.03. The summed E-state index contributed by atoms with van der Waals surface area (Å²) >= 11 is 1.51. The second kappa shape index (κ2) is 9.80. The zero-order valence-electron chi connectivity index (χ0n) is 15.8. The van der Waals surface area contributed by atoms with E-state index < -0.39 is 0 Å². The molecule has 0 bridgehead atoms. The Morgan fingerprint density at radius 3 is 2.50 bits per heavy atom. The lowest BCUT2D eigenvalue weighted by Gasteiger charge is -2.04. The number of hydrogen-bond donors (Lipinski definition) is 2. The van der Waals surface area contributed by atoms with Crippen LogP contribution in [0.15, 0.2) is 60.0 Å². The standard InChI is InChI=1S/C22H23N3O2S/c1-16(26)24-19-11-9-18(10-12-19)22-25-20(15-28-22)14-21(27)23-13-5-8-17-6-3-2-4-7-17/h2-4,6-7,9-12,15H,5,8,13-14H2,1H3,(H,23,27)(H,24,26). The molecule has 6 heteroatoms. The van der Waals surface area contributed by atoms with Crippen molar-refractivity contribution >= 4 is 28.8 Å². The van der Waals surface area contributed by atoms with E-state index in [1.165, 1.54) is 23.8 Å². The molecule has 0 saturated carbocycles. The molecular formula is C22H23N3O2S. The molecule has 2 amide bonds. The third-order valence-electron chi connectivity index (χ3n) is 4.15. The van der Waals surface area contributed by atoms with Crippen LogP contribution in [-0.4, -0.2) is 23.3 Å². The first-order valence-electron chi connectivity index (χ1n) is 9.23. The Labute approximate surface area is 168 Å². The van der Waals surface area contributed by atoms with Gasteiger partial charge < -0.3 is 10.6 Å². The lowest BCUT2D eigenvalue weighted by atomic mass is 10.1. The summed E-state index contributed by atoms with van der Waals surface area (Å²) in [5, 5.41) is 8.48. The van der Waals surface area contributed by atoms with Crippen LogP contribution in [0.1, 0.15) is 24.6 Å². The molecule has 2 N–H and O–H groups in total. The van der Waals surface area contributed by atoms with Crippen LogP contribution >= 0.6 is 11.3 Å². The van der Waals surface area contributed by atoms with Gasteiger partial charge in [0.15, 0.2) is 0 Å². The van der Waals surface area contributed by atoms with Crippen LogP contribution in [0.3, 0.4) is 0 Å². The highest BCUT2D eigenvalue weighted by atomic mass is 32.1. The summed E-state index contributed by atoms with van der Waals surface area (Å²) in [7, 11) is 0. The molecule has 3 rings (SSSR count). The smallest absolute Gasteiger partial charge is 0.226 e. The van der Waals surface area contributed by atoms with E-state index >= 15 is 0 Å². The van der Waals surface area contributed by atoms with E-state index in [1.54, 1.807) is 0 Å². The number of aromatic nitrogens is 1. The van der Waals surface area contributed by atoms with Gasteiger partial charge in [-0.1, -0.05) is 30.3 Å². The molecule has 2 aromatic carbocycles. The lowest BCUT2D eigenvalue weighted by Crippen LogP contribution is -2.26. The number of nitrogens with one attached hydrogen (secondary N) is 2. The molecule has 5 nitrogen and oxygen atoms in total. The fourth-order valence-electron chi connectivity index (χ4n) is 2.81. The fourth-order valence-corrected chi connectivity index (χ4v) is 3.64. The second-order valence-electron chi connectivity index (χ2n) is 6.52. The van der Waals surface area contributed by atoms with Crippen molar-refractivity contribution in [3.05, 3.63) is 71.2 Å². The normalized spacial score (nSPS) is 10.5. The van der Waals surface area contributed by atoms with Crippen LogP contribution in [0, 0.1) is 0 Å². The van der Waals surface area contributed by atoms with Crippen LogP contribution in [0.4, 0.5) is 5.69 Å². The van der Waals surface area contributed by atoms with E-state index in [4.69, 9.17) is 0 Å². The van der Waals surface area contributed by atoms with Crippen molar-refractivity contribution in [2.24, 2.45) is 0 Å². The number of anilines is 1. The number of carbonyl (C=O) groups is 2. The third-order valence-corrected chi connectivity index (χ3v) is 5.09. The summed E-state index contributed by atoms with van der Waals surface area (Å²) in [4.78, 5) is 27.8. The number of nitrogens with zero attached hydrogens (tertiary/aromatic N) is 1. The molecule has 0 fully saturated rings. The van der Waals surface area contributed by atoms with Crippen molar-refractivity contribution in [2.45, 2.75) is 26.2 Å².